The molecule has 1 aromatic rings. The Bertz CT molecular complexity index is 492. The van der Waals surface area contributed by atoms with E-state index in [1.807, 2.05) is 32.0 Å². The van der Waals surface area contributed by atoms with Crippen molar-refractivity contribution in [2.75, 3.05) is 5.32 Å². The molecule has 1 aromatic carbocycles. The maximum atomic E-state index is 9.14. The maximum Gasteiger partial charge on any atom is 0.394 e. The van der Waals surface area contributed by atoms with Gasteiger partial charge in [-0.15, -0.1) is 0 Å². The first-order valence-electron chi connectivity index (χ1n) is 5.51. The minimum Gasteiger partial charge on any atom is -0.374 e. The predicted molar refractivity (Wildman–Crippen MR) is 73.3 cm³/mol. The summed E-state index contributed by atoms with van der Waals surface area (Å²) in [6.07, 6.45) is -0.532. The summed E-state index contributed by atoms with van der Waals surface area (Å²) >= 11 is 0. The number of benzene rings is 1. The van der Waals surface area contributed by atoms with Gasteiger partial charge in [0, 0.05) is 11.7 Å². The first-order chi connectivity index (χ1) is 8.50. The molecule has 0 spiro atoms. The Kier molecular flexibility index (Phi) is 6.95. The molecule has 0 aliphatic rings. The molecule has 110 valence electrons. The summed E-state index contributed by atoms with van der Waals surface area (Å²) in [5, 5.41) is 12.1. The highest BCUT2D eigenvalue weighted by Crippen LogP contribution is 2.19. The molecule has 6 N–H and O–H groups in total. The van der Waals surface area contributed by atoms with Crippen LogP contribution >= 0.6 is 0 Å². The smallest absolute Gasteiger partial charge is 0.374 e. The van der Waals surface area contributed by atoms with E-state index in [1.165, 1.54) is 0 Å². The van der Waals surface area contributed by atoms with E-state index in [9.17, 15) is 0 Å². The SMILES string of the molecule is Cc1cc(NC(C)O)ccc1C(C)N.O=S(=O)(O)O. The van der Waals surface area contributed by atoms with Gasteiger partial charge in [0.1, 0.15) is 6.23 Å². The zero-order chi connectivity index (χ0) is 15.2. The number of nitrogens with two attached hydrogens (primary N) is 1. The first kappa shape index (κ1) is 17.8. The normalized spacial score (nSPS) is 14.1. The molecular weight excluding hydrogens is 272 g/mol. The molecule has 0 bridgehead atoms. The highest BCUT2D eigenvalue weighted by atomic mass is 32.3. The second-order valence-electron chi connectivity index (χ2n) is 4.13. The van der Waals surface area contributed by atoms with Crippen molar-refractivity contribution >= 4 is 16.1 Å². The summed E-state index contributed by atoms with van der Waals surface area (Å²) in [7, 11) is -4.67. The minimum absolute atomic E-state index is 0.0515. The van der Waals surface area contributed by atoms with Gasteiger partial charge in [0.2, 0.25) is 0 Å². The third-order valence-electron chi connectivity index (χ3n) is 2.14. The number of rotatable bonds is 3. The maximum absolute atomic E-state index is 9.14. The molecule has 0 saturated heterocycles. The molecule has 2 unspecified atom stereocenters. The number of aliphatic hydroxyl groups is 1. The Balaban J connectivity index is 0.000000555. The van der Waals surface area contributed by atoms with Gasteiger partial charge in [0.25, 0.3) is 0 Å². The van der Waals surface area contributed by atoms with E-state index >= 15 is 0 Å². The summed E-state index contributed by atoms with van der Waals surface area (Å²) in [5.74, 6) is 0. The fraction of sp³-hybridized carbons (Fsp3) is 0.455. The molecule has 1 rings (SSSR count). The Labute approximate surface area is 113 Å². The molecular formula is C11H20N2O5S. The van der Waals surface area contributed by atoms with E-state index in [2.05, 4.69) is 5.32 Å². The van der Waals surface area contributed by atoms with E-state index in [0.29, 0.717) is 0 Å². The lowest BCUT2D eigenvalue weighted by molar-refractivity contribution is 0.224. The van der Waals surface area contributed by atoms with Gasteiger partial charge in [0.15, 0.2) is 0 Å². The number of aliphatic hydroxyl groups excluding tert-OH is 1. The summed E-state index contributed by atoms with van der Waals surface area (Å²) in [6.45, 7) is 5.67. The molecule has 0 aliphatic carbocycles. The lowest BCUT2D eigenvalue weighted by Gasteiger charge is -2.14. The van der Waals surface area contributed by atoms with Crippen molar-refractivity contribution < 1.29 is 22.6 Å². The molecule has 0 heterocycles. The lowest BCUT2D eigenvalue weighted by atomic mass is 10.0. The molecule has 0 fully saturated rings. The van der Waals surface area contributed by atoms with Gasteiger partial charge in [-0.2, -0.15) is 8.42 Å². The van der Waals surface area contributed by atoms with Crippen LogP contribution in [-0.4, -0.2) is 28.9 Å². The van der Waals surface area contributed by atoms with Gasteiger partial charge in [-0.1, -0.05) is 6.07 Å². The van der Waals surface area contributed by atoms with Crippen molar-refractivity contribution in [1.82, 2.24) is 0 Å². The van der Waals surface area contributed by atoms with Gasteiger partial charge in [-0.25, -0.2) is 0 Å². The van der Waals surface area contributed by atoms with Crippen molar-refractivity contribution in [3.63, 3.8) is 0 Å². The lowest BCUT2D eigenvalue weighted by Crippen LogP contribution is -2.14. The summed E-state index contributed by atoms with van der Waals surface area (Å²) in [5.41, 5.74) is 9.00. The quantitative estimate of drug-likeness (QED) is 0.416. The molecule has 0 radical (unpaired) electrons. The molecule has 0 amide bonds. The summed E-state index contributed by atoms with van der Waals surface area (Å²) in [6, 6.07) is 5.96. The molecule has 2 atom stereocenters. The van der Waals surface area contributed by atoms with Crippen LogP contribution in [0.1, 0.15) is 31.0 Å². The highest BCUT2D eigenvalue weighted by Gasteiger charge is 2.04. The summed E-state index contributed by atoms with van der Waals surface area (Å²) in [4.78, 5) is 0. The third kappa shape index (κ3) is 9.40. The van der Waals surface area contributed by atoms with Gasteiger partial charge >= 0.3 is 10.4 Å². The topological polar surface area (TPSA) is 133 Å². The van der Waals surface area contributed by atoms with Gasteiger partial charge in [-0.3, -0.25) is 9.11 Å². The van der Waals surface area contributed by atoms with Crippen LogP contribution in [0.2, 0.25) is 0 Å². The first-order valence-corrected chi connectivity index (χ1v) is 6.91. The predicted octanol–water partition coefficient (Wildman–Crippen LogP) is 1.11. The van der Waals surface area contributed by atoms with E-state index in [4.69, 9.17) is 28.4 Å². The monoisotopic (exact) mass is 292 g/mol. The summed E-state index contributed by atoms with van der Waals surface area (Å²) < 4.78 is 31.6. The van der Waals surface area contributed by atoms with Crippen molar-refractivity contribution in [3.8, 4) is 0 Å². The fourth-order valence-electron chi connectivity index (χ4n) is 1.52. The third-order valence-corrected chi connectivity index (χ3v) is 2.14. The molecule has 0 aromatic heterocycles. The average molecular weight is 292 g/mol. The minimum atomic E-state index is -4.67. The van der Waals surface area contributed by atoms with Crippen LogP contribution < -0.4 is 11.1 Å². The zero-order valence-electron chi connectivity index (χ0n) is 11.0. The van der Waals surface area contributed by atoms with Crippen LogP contribution in [0.5, 0.6) is 0 Å². The number of hydrogen-bond donors (Lipinski definition) is 5. The average Bonchev–Trinajstić information content (AvgIpc) is 2.12. The van der Waals surface area contributed by atoms with Crippen LogP contribution in [0, 0.1) is 6.92 Å². The van der Waals surface area contributed by atoms with Crippen LogP contribution in [0.3, 0.4) is 0 Å². The Morgan fingerprint density at radius 3 is 2.05 bits per heavy atom. The Morgan fingerprint density at radius 2 is 1.74 bits per heavy atom. The largest absolute Gasteiger partial charge is 0.394 e. The van der Waals surface area contributed by atoms with E-state index in [1.54, 1.807) is 6.92 Å². The zero-order valence-corrected chi connectivity index (χ0v) is 11.8. The van der Waals surface area contributed by atoms with E-state index in [-0.39, 0.29) is 6.04 Å². The molecule has 8 heteroatoms. The number of aryl methyl sites for hydroxylation is 1. The van der Waals surface area contributed by atoms with Gasteiger partial charge in [-0.05, 0) is 44.0 Å². The molecule has 0 aliphatic heterocycles. The second-order valence-corrected chi connectivity index (χ2v) is 5.02. The van der Waals surface area contributed by atoms with Crippen LogP contribution in [0.25, 0.3) is 0 Å². The van der Waals surface area contributed by atoms with Crippen molar-refractivity contribution in [2.45, 2.75) is 33.0 Å². The van der Waals surface area contributed by atoms with Crippen molar-refractivity contribution in [3.05, 3.63) is 29.3 Å². The van der Waals surface area contributed by atoms with Crippen LogP contribution in [0.4, 0.5) is 5.69 Å². The molecule has 19 heavy (non-hydrogen) atoms. The number of anilines is 1. The van der Waals surface area contributed by atoms with Crippen molar-refractivity contribution in [2.24, 2.45) is 5.73 Å². The van der Waals surface area contributed by atoms with Crippen LogP contribution in [-0.2, 0) is 10.4 Å². The Morgan fingerprint density at radius 1 is 1.26 bits per heavy atom. The number of nitrogens with one attached hydrogen (secondary N) is 1. The molecule has 0 saturated carbocycles. The number of hydrogen-bond acceptors (Lipinski definition) is 5. The van der Waals surface area contributed by atoms with E-state index < -0.39 is 16.6 Å². The fourth-order valence-corrected chi connectivity index (χ4v) is 1.52. The standard InChI is InChI=1S/C11H18N2O.H2O4S/c1-7-6-10(13-9(3)14)4-5-11(7)8(2)12;1-5(2,3)4/h4-6,8-9,13-14H,12H2,1-3H3;(H2,1,2,3,4). The second kappa shape index (κ2) is 7.41. The van der Waals surface area contributed by atoms with Crippen molar-refractivity contribution in [1.29, 1.82) is 0 Å². The van der Waals surface area contributed by atoms with Gasteiger partial charge in [0.05, 0.1) is 0 Å². The van der Waals surface area contributed by atoms with Crippen LogP contribution in [0.15, 0.2) is 18.2 Å². The Hall–Kier alpha value is -1.19. The van der Waals surface area contributed by atoms with E-state index in [0.717, 1.165) is 16.8 Å². The van der Waals surface area contributed by atoms with Gasteiger partial charge < -0.3 is 16.2 Å². The molecule has 7 nitrogen and oxygen atoms in total. The highest BCUT2D eigenvalue weighted by molar-refractivity contribution is 7.79.